The maximum atomic E-state index is 12.7. The number of carbonyl (C=O) groups excluding carboxylic acids is 2. The van der Waals surface area contributed by atoms with Gasteiger partial charge in [-0.1, -0.05) is 48.0 Å². The van der Waals surface area contributed by atoms with Crippen molar-refractivity contribution in [3.8, 4) is 11.5 Å². The Balaban J connectivity index is 1.28. The molecule has 0 saturated carbocycles. The number of ether oxygens (including phenoxy) is 2. The maximum Gasteiger partial charge on any atom is 0.257 e. The van der Waals surface area contributed by atoms with Crippen LogP contribution in [0.4, 0.5) is 11.4 Å². The van der Waals surface area contributed by atoms with Gasteiger partial charge in [-0.2, -0.15) is 0 Å². The first kappa shape index (κ1) is 26.7. The average Bonchev–Trinajstić information content (AvgIpc) is 2.92. The lowest BCUT2D eigenvalue weighted by molar-refractivity contribution is 0.0975. The summed E-state index contributed by atoms with van der Waals surface area (Å²) in [6, 6.07) is 29.8. The number of amides is 2. The lowest BCUT2D eigenvalue weighted by Gasteiger charge is -2.12. The summed E-state index contributed by atoms with van der Waals surface area (Å²) in [5.41, 5.74) is 1.92. The first-order valence-electron chi connectivity index (χ1n) is 11.7. The minimum Gasteiger partial charge on any atom is -0.490 e. The van der Waals surface area contributed by atoms with Gasteiger partial charge in [-0.15, -0.1) is 0 Å². The second-order valence-electron chi connectivity index (χ2n) is 7.99. The van der Waals surface area contributed by atoms with Crippen LogP contribution in [0.2, 0.25) is 5.02 Å². The first-order chi connectivity index (χ1) is 18.5. The molecule has 0 heterocycles. The largest absolute Gasteiger partial charge is 0.490 e. The zero-order valence-electron chi connectivity index (χ0n) is 20.1. The van der Waals surface area contributed by atoms with Crippen LogP contribution < -0.4 is 25.4 Å². The zero-order valence-corrected chi connectivity index (χ0v) is 21.7. The van der Waals surface area contributed by atoms with Gasteiger partial charge in [0.25, 0.3) is 11.8 Å². The second kappa shape index (κ2) is 13.2. The van der Waals surface area contributed by atoms with E-state index in [9.17, 15) is 9.59 Å². The summed E-state index contributed by atoms with van der Waals surface area (Å²) in [4.78, 5) is 25.3. The molecule has 9 heteroatoms. The quantitative estimate of drug-likeness (QED) is 0.172. The Morgan fingerprint density at radius 2 is 1.26 bits per heavy atom. The highest BCUT2D eigenvalue weighted by Crippen LogP contribution is 2.18. The average molecular weight is 546 g/mol. The third kappa shape index (κ3) is 8.06. The molecule has 2 amide bonds. The van der Waals surface area contributed by atoms with E-state index in [-0.39, 0.29) is 11.0 Å². The van der Waals surface area contributed by atoms with E-state index in [1.807, 2.05) is 30.3 Å². The predicted molar refractivity (Wildman–Crippen MR) is 153 cm³/mol. The molecular formula is C29H24ClN3O4S. The zero-order chi connectivity index (χ0) is 26.7. The molecule has 4 aromatic rings. The van der Waals surface area contributed by atoms with Crippen molar-refractivity contribution in [3.05, 3.63) is 119 Å². The molecule has 0 aromatic heterocycles. The molecule has 0 unspecified atom stereocenters. The second-order valence-corrected chi connectivity index (χ2v) is 8.84. The third-order valence-corrected chi connectivity index (χ3v) is 5.59. The van der Waals surface area contributed by atoms with E-state index >= 15 is 0 Å². The molecule has 38 heavy (non-hydrogen) atoms. The fourth-order valence-corrected chi connectivity index (χ4v) is 3.81. The van der Waals surface area contributed by atoms with Crippen molar-refractivity contribution < 1.29 is 19.1 Å². The predicted octanol–water partition coefficient (Wildman–Crippen LogP) is 6.18. The number of nitrogens with one attached hydrogen (secondary N) is 3. The van der Waals surface area contributed by atoms with E-state index in [2.05, 4.69) is 16.0 Å². The summed E-state index contributed by atoms with van der Waals surface area (Å²) >= 11 is 11.3. The monoisotopic (exact) mass is 545 g/mol. The summed E-state index contributed by atoms with van der Waals surface area (Å²) in [5, 5.41) is 8.98. The van der Waals surface area contributed by atoms with Gasteiger partial charge in [-0.05, 0) is 78.9 Å². The lowest BCUT2D eigenvalue weighted by Crippen LogP contribution is -2.34. The molecule has 7 nitrogen and oxygen atoms in total. The van der Waals surface area contributed by atoms with Crippen LogP contribution in [0.1, 0.15) is 20.7 Å². The Morgan fingerprint density at radius 3 is 2.00 bits per heavy atom. The van der Waals surface area contributed by atoms with Crippen molar-refractivity contribution in [2.75, 3.05) is 23.8 Å². The Bertz CT molecular complexity index is 1430. The smallest absolute Gasteiger partial charge is 0.257 e. The standard InChI is InChI=1S/C29H24ClN3O4S/c30-22-9-6-11-24(19-22)31-27(34)20-7-4-10-23(17-20)32-29(38)33-28(35)21-8-5-14-26(18-21)37-16-15-36-25-12-2-1-3-13-25/h1-14,17-19H,15-16H2,(H,31,34)(H2,32,33,35,38). The number of hydrogen-bond acceptors (Lipinski definition) is 5. The molecule has 4 rings (SSSR count). The molecule has 0 radical (unpaired) electrons. The molecule has 0 aliphatic carbocycles. The minimum absolute atomic E-state index is 0.0879. The van der Waals surface area contributed by atoms with E-state index in [0.717, 1.165) is 5.75 Å². The molecule has 0 saturated heterocycles. The Labute approximate surface area is 230 Å². The highest BCUT2D eigenvalue weighted by Gasteiger charge is 2.11. The third-order valence-electron chi connectivity index (χ3n) is 5.15. The normalized spacial score (nSPS) is 10.2. The summed E-state index contributed by atoms with van der Waals surface area (Å²) in [5.74, 6) is 0.587. The van der Waals surface area contributed by atoms with Crippen LogP contribution in [0.5, 0.6) is 11.5 Å². The summed E-state index contributed by atoms with van der Waals surface area (Å²) in [6.07, 6.45) is 0. The van der Waals surface area contributed by atoms with Gasteiger partial charge in [0.15, 0.2) is 5.11 Å². The minimum atomic E-state index is -0.400. The van der Waals surface area contributed by atoms with Gasteiger partial charge in [-0.3, -0.25) is 14.9 Å². The topological polar surface area (TPSA) is 88.7 Å². The maximum absolute atomic E-state index is 12.7. The van der Waals surface area contributed by atoms with Crippen molar-refractivity contribution in [3.63, 3.8) is 0 Å². The number of hydrogen-bond donors (Lipinski definition) is 3. The van der Waals surface area contributed by atoms with Gasteiger partial charge < -0.3 is 20.1 Å². The van der Waals surface area contributed by atoms with Gasteiger partial charge in [0.1, 0.15) is 24.7 Å². The summed E-state index contributed by atoms with van der Waals surface area (Å²) < 4.78 is 11.3. The highest BCUT2D eigenvalue weighted by molar-refractivity contribution is 7.80. The van der Waals surface area contributed by atoms with Crippen molar-refractivity contribution in [1.82, 2.24) is 5.32 Å². The van der Waals surface area contributed by atoms with Crippen LogP contribution >= 0.6 is 23.8 Å². The molecule has 0 fully saturated rings. The van der Waals surface area contributed by atoms with Crippen molar-refractivity contribution in [1.29, 1.82) is 0 Å². The van der Waals surface area contributed by atoms with Gasteiger partial charge in [0, 0.05) is 27.5 Å². The van der Waals surface area contributed by atoms with Crippen LogP contribution in [0.15, 0.2) is 103 Å². The molecule has 0 aliphatic rings. The molecule has 4 aromatic carbocycles. The number of carbonyl (C=O) groups is 2. The molecule has 0 atom stereocenters. The number of halogens is 1. The number of benzene rings is 4. The van der Waals surface area contributed by atoms with Gasteiger partial charge in [0.05, 0.1) is 0 Å². The van der Waals surface area contributed by atoms with Crippen molar-refractivity contribution >= 4 is 52.1 Å². The molecule has 3 N–H and O–H groups in total. The van der Waals surface area contributed by atoms with E-state index in [1.54, 1.807) is 72.8 Å². The Hall–Kier alpha value is -4.40. The summed E-state index contributed by atoms with van der Waals surface area (Å²) in [6.45, 7) is 0.686. The fourth-order valence-electron chi connectivity index (χ4n) is 3.41. The van der Waals surface area contributed by atoms with Crippen molar-refractivity contribution in [2.24, 2.45) is 0 Å². The van der Waals surface area contributed by atoms with Gasteiger partial charge >= 0.3 is 0 Å². The number of thiocarbonyl (C=S) groups is 1. The van der Waals surface area contributed by atoms with Crippen LogP contribution in [-0.2, 0) is 0 Å². The summed E-state index contributed by atoms with van der Waals surface area (Å²) in [7, 11) is 0. The van der Waals surface area contributed by atoms with Crippen LogP contribution in [0.25, 0.3) is 0 Å². The fraction of sp³-hybridized carbons (Fsp3) is 0.0690. The molecule has 192 valence electrons. The van der Waals surface area contributed by atoms with E-state index in [0.29, 0.717) is 46.5 Å². The van der Waals surface area contributed by atoms with Crippen molar-refractivity contribution in [2.45, 2.75) is 0 Å². The van der Waals surface area contributed by atoms with E-state index in [4.69, 9.17) is 33.3 Å². The lowest BCUT2D eigenvalue weighted by atomic mass is 10.2. The van der Waals surface area contributed by atoms with E-state index < -0.39 is 5.91 Å². The van der Waals surface area contributed by atoms with Crippen LogP contribution in [0, 0.1) is 0 Å². The molecular weight excluding hydrogens is 522 g/mol. The van der Waals surface area contributed by atoms with Crippen LogP contribution in [-0.4, -0.2) is 30.1 Å². The highest BCUT2D eigenvalue weighted by atomic mass is 35.5. The van der Waals surface area contributed by atoms with Gasteiger partial charge in [0.2, 0.25) is 0 Å². The number of rotatable bonds is 9. The molecule has 0 bridgehead atoms. The Morgan fingerprint density at radius 1 is 0.658 bits per heavy atom. The Kier molecular flexibility index (Phi) is 9.28. The first-order valence-corrected chi connectivity index (χ1v) is 12.4. The molecule has 0 spiro atoms. The van der Waals surface area contributed by atoms with E-state index in [1.165, 1.54) is 0 Å². The van der Waals surface area contributed by atoms with Gasteiger partial charge in [-0.25, -0.2) is 0 Å². The van der Waals surface area contributed by atoms with Crippen LogP contribution in [0.3, 0.4) is 0 Å². The number of para-hydroxylation sites is 1. The number of anilines is 2. The SMILES string of the molecule is O=C(NC(=S)Nc1cccc(C(=O)Nc2cccc(Cl)c2)c1)c1cccc(OCCOc2ccccc2)c1. The molecule has 0 aliphatic heterocycles.